The van der Waals surface area contributed by atoms with Gasteiger partial charge in [0.1, 0.15) is 0 Å². The second-order valence-electron chi connectivity index (χ2n) is 3.65. The molecule has 11 N–H and O–H groups in total. The van der Waals surface area contributed by atoms with Gasteiger partial charge >= 0.3 is 0 Å². The van der Waals surface area contributed by atoms with Gasteiger partial charge in [0.15, 0.2) is 0 Å². The molecule has 0 aromatic rings. The maximum atomic E-state index is 9.79. The van der Waals surface area contributed by atoms with Gasteiger partial charge in [-0.05, 0) is 26.7 Å². The van der Waals surface area contributed by atoms with Crippen LogP contribution >= 0.6 is 0 Å². The molecule has 0 aliphatic heterocycles. The largest absolute Gasteiger partial charge is 0.870 e. The number of rotatable bonds is 5. The van der Waals surface area contributed by atoms with Crippen molar-refractivity contribution in [3.63, 3.8) is 0 Å². The second kappa shape index (κ2) is 27.9. The Morgan fingerprint density at radius 2 is 1.05 bits per heavy atom. The van der Waals surface area contributed by atoms with Gasteiger partial charge in [0, 0.05) is 43.4 Å². The Balaban J connectivity index is -0.0000000216. The molecule has 0 aliphatic carbocycles. The smallest absolute Gasteiger partial charge is 0.0950 e. The predicted octanol–water partition coefficient (Wildman–Crippen LogP) is -1.37. The fraction of sp³-hybridized carbons (Fsp3) is 0.600. The number of aliphatic hydroxyl groups excluding tert-OH is 1. The minimum atomic E-state index is -1.06. The fourth-order valence-electron chi connectivity index (χ4n) is 1.30. The first-order chi connectivity index (χ1) is 5.39. The van der Waals surface area contributed by atoms with Crippen molar-refractivity contribution < 1.29 is 86.5 Å². The topological polar surface area (TPSA) is 225 Å². The summed E-state index contributed by atoms with van der Waals surface area (Å²) in [5.74, 6) is 0. The molecule has 0 radical (unpaired) electrons. The number of hydrogen-bond acceptors (Lipinski definition) is 5. The Morgan fingerprint density at radius 1 is 0.850 bits per heavy atom. The SMILES string of the molecule is C=C(C)CC(O)(CO)CC(=C)C.O.O.O.[OH-].[OH-].[OH-].[Ti].[Ti]. The van der Waals surface area contributed by atoms with Crippen molar-refractivity contribution in [2.45, 2.75) is 32.3 Å². The van der Waals surface area contributed by atoms with Gasteiger partial charge in [0.25, 0.3) is 0 Å². The van der Waals surface area contributed by atoms with Crippen LogP contribution < -0.4 is 0 Å². The van der Waals surface area contributed by atoms with Crippen LogP contribution in [0.5, 0.6) is 0 Å². The third-order valence-electron chi connectivity index (χ3n) is 1.56. The molecule has 8 nitrogen and oxygen atoms in total. The van der Waals surface area contributed by atoms with E-state index in [0.717, 1.165) is 11.1 Å². The fourth-order valence-corrected chi connectivity index (χ4v) is 1.30. The molecule has 0 amide bonds. The Labute approximate surface area is 149 Å². The van der Waals surface area contributed by atoms with Gasteiger partial charge in [-0.25, -0.2) is 0 Å². The monoisotopic (exact) mass is 371 g/mol. The molecule has 0 saturated heterocycles. The molecular formula is C10H27O8Ti2-3. The summed E-state index contributed by atoms with van der Waals surface area (Å²) >= 11 is 0. The van der Waals surface area contributed by atoms with Gasteiger partial charge in [-0.1, -0.05) is 11.1 Å². The Morgan fingerprint density at radius 3 is 1.15 bits per heavy atom. The molecule has 0 rings (SSSR count). The van der Waals surface area contributed by atoms with Crippen LogP contribution in [0.15, 0.2) is 24.3 Å². The summed E-state index contributed by atoms with van der Waals surface area (Å²) in [6.07, 6.45) is 0.854. The van der Waals surface area contributed by atoms with E-state index in [1.54, 1.807) is 0 Å². The quantitative estimate of drug-likeness (QED) is 0.439. The third-order valence-corrected chi connectivity index (χ3v) is 1.56. The molecule has 20 heavy (non-hydrogen) atoms. The van der Waals surface area contributed by atoms with E-state index in [9.17, 15) is 5.11 Å². The normalized spacial score (nSPS) is 6.80. The summed E-state index contributed by atoms with van der Waals surface area (Å²) in [7, 11) is 0. The van der Waals surface area contributed by atoms with Crippen molar-refractivity contribution in [2.24, 2.45) is 0 Å². The van der Waals surface area contributed by atoms with Crippen LogP contribution in [-0.2, 0) is 43.4 Å². The molecular weight excluding hydrogens is 344 g/mol. The number of hydrogen-bond donors (Lipinski definition) is 2. The van der Waals surface area contributed by atoms with E-state index in [0.29, 0.717) is 12.8 Å². The third kappa shape index (κ3) is 31.1. The zero-order valence-corrected chi connectivity index (χ0v) is 14.9. The summed E-state index contributed by atoms with van der Waals surface area (Å²) in [4.78, 5) is 0. The second-order valence-corrected chi connectivity index (χ2v) is 3.65. The zero-order chi connectivity index (χ0) is 9.78. The van der Waals surface area contributed by atoms with Crippen LogP contribution in [0, 0.1) is 0 Å². The summed E-state index contributed by atoms with van der Waals surface area (Å²) in [6.45, 7) is 10.8. The minimum Gasteiger partial charge on any atom is -0.870 e. The van der Waals surface area contributed by atoms with Crippen molar-refractivity contribution in [2.75, 3.05) is 6.61 Å². The molecule has 0 atom stereocenters. The van der Waals surface area contributed by atoms with Crippen LogP contribution in [-0.4, -0.2) is 55.3 Å². The van der Waals surface area contributed by atoms with Crippen LogP contribution in [0.25, 0.3) is 0 Å². The van der Waals surface area contributed by atoms with E-state index in [2.05, 4.69) is 13.2 Å². The average Bonchev–Trinajstić information content (AvgIpc) is 1.83. The van der Waals surface area contributed by atoms with Gasteiger partial charge in [-0.3, -0.25) is 0 Å². The summed E-state index contributed by atoms with van der Waals surface area (Å²) in [5, 5.41) is 18.7. The summed E-state index contributed by atoms with van der Waals surface area (Å²) < 4.78 is 0. The van der Waals surface area contributed by atoms with E-state index in [1.807, 2.05) is 13.8 Å². The predicted molar refractivity (Wildman–Crippen MR) is 67.5 cm³/mol. The van der Waals surface area contributed by atoms with Gasteiger partial charge in [-0.15, -0.1) is 13.2 Å². The molecule has 126 valence electrons. The molecule has 0 aliphatic rings. The first-order valence-corrected chi connectivity index (χ1v) is 4.01. The molecule has 0 saturated carbocycles. The Bertz CT molecular complexity index is 186. The van der Waals surface area contributed by atoms with Crippen LogP contribution in [0.3, 0.4) is 0 Å². The molecule has 0 aromatic carbocycles. The first-order valence-electron chi connectivity index (χ1n) is 4.01. The van der Waals surface area contributed by atoms with Crippen molar-refractivity contribution >= 4 is 0 Å². The first kappa shape index (κ1) is 58.8. The Hall–Kier alpha value is 0.589. The van der Waals surface area contributed by atoms with Crippen molar-refractivity contribution in [3.05, 3.63) is 24.3 Å². The Kier molecular flexibility index (Phi) is 81.9. The summed E-state index contributed by atoms with van der Waals surface area (Å²) in [6, 6.07) is 0. The maximum Gasteiger partial charge on any atom is 0.0950 e. The van der Waals surface area contributed by atoms with Crippen LogP contribution in [0.1, 0.15) is 26.7 Å². The van der Waals surface area contributed by atoms with Gasteiger partial charge in [-0.2, -0.15) is 0 Å². The standard InChI is InChI=1S/C10H18O2.6H2O.2Ti/c1-8(2)5-10(12,7-11)6-9(3)4;;;;;;;;/h11-12H,1,3,5-7H2,2,4H3;6*1H2;;/p-3. The van der Waals surface area contributed by atoms with Crippen molar-refractivity contribution in [1.82, 2.24) is 0 Å². The van der Waals surface area contributed by atoms with E-state index < -0.39 is 5.60 Å². The number of aliphatic hydroxyl groups is 2. The zero-order valence-electron chi connectivity index (χ0n) is 11.8. The molecule has 0 aromatic heterocycles. The van der Waals surface area contributed by atoms with E-state index in [-0.39, 0.29) is 82.9 Å². The average molecular weight is 371 g/mol. The van der Waals surface area contributed by atoms with Crippen LogP contribution in [0.4, 0.5) is 0 Å². The summed E-state index contributed by atoms with van der Waals surface area (Å²) in [5.41, 5.74) is 0.679. The molecule has 0 heterocycles. The van der Waals surface area contributed by atoms with E-state index in [1.165, 1.54) is 0 Å². The van der Waals surface area contributed by atoms with Crippen LogP contribution in [0.2, 0.25) is 0 Å². The maximum absolute atomic E-state index is 9.79. The van der Waals surface area contributed by atoms with E-state index >= 15 is 0 Å². The molecule has 0 bridgehead atoms. The van der Waals surface area contributed by atoms with Crippen molar-refractivity contribution in [3.8, 4) is 0 Å². The van der Waals surface area contributed by atoms with Gasteiger partial charge < -0.3 is 43.1 Å². The van der Waals surface area contributed by atoms with Gasteiger partial charge in [0.05, 0.1) is 12.2 Å². The minimum absolute atomic E-state index is 0. The molecule has 0 unspecified atom stereocenters. The van der Waals surface area contributed by atoms with Crippen molar-refractivity contribution in [1.29, 1.82) is 0 Å². The molecule has 0 fully saturated rings. The molecule has 0 spiro atoms. The van der Waals surface area contributed by atoms with Gasteiger partial charge in [0.2, 0.25) is 0 Å². The molecule has 10 heteroatoms. The van der Waals surface area contributed by atoms with E-state index in [4.69, 9.17) is 5.11 Å².